The van der Waals surface area contributed by atoms with Crippen LogP contribution in [-0.2, 0) is 15.8 Å². The normalized spacial score (nSPS) is 15.9. The number of piperazine rings is 1. The van der Waals surface area contributed by atoms with Gasteiger partial charge in [0.05, 0.1) is 18.7 Å². The summed E-state index contributed by atoms with van der Waals surface area (Å²) in [6, 6.07) is 2.83. The predicted molar refractivity (Wildman–Crippen MR) is 72.7 cm³/mol. The van der Waals surface area contributed by atoms with Crippen molar-refractivity contribution < 1.29 is 22.8 Å². The first-order valence-corrected chi connectivity index (χ1v) is 6.18. The summed E-state index contributed by atoms with van der Waals surface area (Å²) < 4.78 is 38.1. The van der Waals surface area contributed by atoms with Gasteiger partial charge in [0.25, 0.3) is 0 Å². The molecule has 1 aliphatic heterocycles. The molecule has 0 radical (unpaired) electrons. The Bertz CT molecular complexity index is 615. The molecule has 2 rings (SSSR count). The van der Waals surface area contributed by atoms with Crippen molar-refractivity contribution in [2.24, 2.45) is 5.73 Å². The monoisotopic (exact) mass is 317 g/mol. The number of carbonyl (C=O) groups excluding carboxylic acids is 2. The molecular weight excluding hydrogens is 307 g/mol. The number of thiocarbonyl (C=S) groups is 1. The summed E-state index contributed by atoms with van der Waals surface area (Å²) in [6.07, 6.45) is -4.53. The molecule has 1 aliphatic rings. The second-order valence-corrected chi connectivity index (χ2v) is 4.86. The molecule has 2 amide bonds. The zero-order chi connectivity index (χ0) is 15.8. The van der Waals surface area contributed by atoms with Crippen molar-refractivity contribution in [3.63, 3.8) is 0 Å². The van der Waals surface area contributed by atoms with Crippen LogP contribution in [0.1, 0.15) is 11.1 Å². The molecule has 9 heteroatoms. The van der Waals surface area contributed by atoms with Crippen molar-refractivity contribution in [3.05, 3.63) is 29.3 Å². The highest BCUT2D eigenvalue weighted by Gasteiger charge is 2.32. The van der Waals surface area contributed by atoms with Gasteiger partial charge in [0.15, 0.2) is 0 Å². The molecule has 112 valence electrons. The van der Waals surface area contributed by atoms with E-state index >= 15 is 0 Å². The first-order chi connectivity index (χ1) is 9.68. The number of halogens is 3. The lowest BCUT2D eigenvalue weighted by Crippen LogP contribution is -2.52. The van der Waals surface area contributed by atoms with Crippen molar-refractivity contribution in [1.29, 1.82) is 0 Å². The second kappa shape index (κ2) is 5.32. The minimum absolute atomic E-state index is 0.0256. The summed E-state index contributed by atoms with van der Waals surface area (Å²) in [7, 11) is 0. The van der Waals surface area contributed by atoms with Gasteiger partial charge in [0.2, 0.25) is 11.8 Å². The Morgan fingerprint density at radius 1 is 1.24 bits per heavy atom. The van der Waals surface area contributed by atoms with E-state index < -0.39 is 23.6 Å². The molecular formula is C12H10F3N3O2S. The van der Waals surface area contributed by atoms with Gasteiger partial charge in [-0.25, -0.2) is 0 Å². The van der Waals surface area contributed by atoms with E-state index in [2.05, 4.69) is 5.32 Å². The molecule has 1 aromatic carbocycles. The first-order valence-electron chi connectivity index (χ1n) is 5.77. The van der Waals surface area contributed by atoms with Crippen LogP contribution in [0.4, 0.5) is 18.9 Å². The van der Waals surface area contributed by atoms with E-state index in [0.29, 0.717) is 0 Å². The fourth-order valence-electron chi connectivity index (χ4n) is 1.99. The molecule has 0 atom stereocenters. The average molecular weight is 317 g/mol. The highest BCUT2D eigenvalue weighted by Crippen LogP contribution is 2.33. The fourth-order valence-corrected chi connectivity index (χ4v) is 2.16. The number of nitrogens with two attached hydrogens (primary N) is 1. The van der Waals surface area contributed by atoms with Crippen molar-refractivity contribution in [2.45, 2.75) is 6.18 Å². The SMILES string of the molecule is NC(=S)c1cc(C(F)(F)F)ccc1N1CC(=O)NC(=O)C1. The summed E-state index contributed by atoms with van der Waals surface area (Å²) in [6.45, 7) is -0.320. The van der Waals surface area contributed by atoms with E-state index in [0.717, 1.165) is 18.2 Å². The molecule has 1 heterocycles. The number of nitrogens with one attached hydrogen (secondary N) is 1. The van der Waals surface area contributed by atoms with Crippen molar-refractivity contribution in [3.8, 4) is 0 Å². The van der Waals surface area contributed by atoms with Crippen LogP contribution in [0.2, 0.25) is 0 Å². The quantitative estimate of drug-likeness (QED) is 0.623. The molecule has 0 aromatic heterocycles. The summed E-state index contributed by atoms with van der Waals surface area (Å²) in [4.78, 5) is 23.8. The first kappa shape index (κ1) is 15.2. The van der Waals surface area contributed by atoms with Crippen molar-refractivity contribution in [1.82, 2.24) is 5.32 Å². The lowest BCUT2D eigenvalue weighted by atomic mass is 10.1. The van der Waals surface area contributed by atoms with Gasteiger partial charge in [-0.15, -0.1) is 0 Å². The molecule has 1 aromatic rings. The van der Waals surface area contributed by atoms with Crippen LogP contribution in [0, 0.1) is 0 Å². The lowest BCUT2D eigenvalue weighted by molar-refractivity contribution is -0.137. The number of nitrogens with zero attached hydrogens (tertiary/aromatic N) is 1. The third-order valence-electron chi connectivity index (χ3n) is 2.88. The van der Waals surface area contributed by atoms with E-state index in [-0.39, 0.29) is 29.3 Å². The summed E-state index contributed by atoms with van der Waals surface area (Å²) in [5, 5.41) is 2.10. The maximum absolute atomic E-state index is 12.7. The maximum Gasteiger partial charge on any atom is 0.416 e. The van der Waals surface area contributed by atoms with Gasteiger partial charge in [-0.1, -0.05) is 12.2 Å². The van der Waals surface area contributed by atoms with Gasteiger partial charge in [-0.2, -0.15) is 13.2 Å². The average Bonchev–Trinajstić information content (AvgIpc) is 2.35. The molecule has 3 N–H and O–H groups in total. The third-order valence-corrected chi connectivity index (χ3v) is 3.10. The van der Waals surface area contributed by atoms with E-state index in [1.54, 1.807) is 0 Å². The summed E-state index contributed by atoms with van der Waals surface area (Å²) in [5.74, 6) is -1.08. The number of alkyl halides is 3. The minimum atomic E-state index is -4.53. The van der Waals surface area contributed by atoms with E-state index in [1.807, 2.05) is 0 Å². The lowest BCUT2D eigenvalue weighted by Gasteiger charge is -2.29. The van der Waals surface area contributed by atoms with Gasteiger partial charge in [-0.05, 0) is 18.2 Å². The number of hydrogen-bond acceptors (Lipinski definition) is 4. The largest absolute Gasteiger partial charge is 0.416 e. The molecule has 1 saturated heterocycles. The topological polar surface area (TPSA) is 75.4 Å². The number of carbonyl (C=O) groups is 2. The number of imide groups is 1. The highest BCUT2D eigenvalue weighted by atomic mass is 32.1. The summed E-state index contributed by atoms with van der Waals surface area (Å²) in [5.41, 5.74) is 4.75. The number of anilines is 1. The Balaban J connectivity index is 2.46. The number of rotatable bonds is 2. The van der Waals surface area contributed by atoms with Gasteiger partial charge < -0.3 is 10.6 Å². The van der Waals surface area contributed by atoms with Crippen LogP contribution < -0.4 is 16.0 Å². The van der Waals surface area contributed by atoms with Gasteiger partial charge in [0, 0.05) is 11.3 Å². The molecule has 0 bridgehead atoms. The number of hydrogen-bond donors (Lipinski definition) is 2. The van der Waals surface area contributed by atoms with Crippen molar-refractivity contribution in [2.75, 3.05) is 18.0 Å². The fraction of sp³-hybridized carbons (Fsp3) is 0.250. The molecule has 0 spiro atoms. The van der Waals surface area contributed by atoms with Crippen LogP contribution in [0.15, 0.2) is 18.2 Å². The third kappa shape index (κ3) is 3.30. The Morgan fingerprint density at radius 3 is 2.29 bits per heavy atom. The van der Waals surface area contributed by atoms with E-state index in [9.17, 15) is 22.8 Å². The Labute approximate surface area is 122 Å². The molecule has 5 nitrogen and oxygen atoms in total. The van der Waals surface area contributed by atoms with E-state index in [1.165, 1.54) is 4.90 Å². The smallest absolute Gasteiger partial charge is 0.389 e. The molecule has 0 aliphatic carbocycles. The Hall–Kier alpha value is -2.16. The van der Waals surface area contributed by atoms with Gasteiger partial charge in [0.1, 0.15) is 4.99 Å². The van der Waals surface area contributed by atoms with Gasteiger partial charge >= 0.3 is 6.18 Å². The molecule has 21 heavy (non-hydrogen) atoms. The van der Waals surface area contributed by atoms with Crippen LogP contribution in [0.5, 0.6) is 0 Å². The highest BCUT2D eigenvalue weighted by molar-refractivity contribution is 7.80. The molecule has 0 unspecified atom stereocenters. The number of benzene rings is 1. The second-order valence-electron chi connectivity index (χ2n) is 4.42. The zero-order valence-corrected chi connectivity index (χ0v) is 11.3. The van der Waals surface area contributed by atoms with Gasteiger partial charge in [-0.3, -0.25) is 14.9 Å². The zero-order valence-electron chi connectivity index (χ0n) is 10.5. The molecule has 1 fully saturated rings. The van der Waals surface area contributed by atoms with Crippen LogP contribution in [0.25, 0.3) is 0 Å². The van der Waals surface area contributed by atoms with E-state index in [4.69, 9.17) is 18.0 Å². The Morgan fingerprint density at radius 2 is 1.81 bits per heavy atom. The standard InChI is InChI=1S/C12H10F3N3O2S/c13-12(14,15)6-1-2-8(7(3-6)11(16)21)18-4-9(19)17-10(20)5-18/h1-3H,4-5H2,(H2,16,21)(H,17,19,20). The predicted octanol–water partition coefficient (Wildman–Crippen LogP) is 0.802. The van der Waals surface area contributed by atoms with Crippen molar-refractivity contribution >= 4 is 34.7 Å². The summed E-state index contributed by atoms with van der Waals surface area (Å²) >= 11 is 4.76. The maximum atomic E-state index is 12.7. The minimum Gasteiger partial charge on any atom is -0.389 e. The number of amides is 2. The van der Waals surface area contributed by atoms with Crippen LogP contribution >= 0.6 is 12.2 Å². The van der Waals surface area contributed by atoms with Crippen LogP contribution in [0.3, 0.4) is 0 Å². The molecule has 0 saturated carbocycles. The van der Waals surface area contributed by atoms with Crippen LogP contribution in [-0.4, -0.2) is 29.9 Å². The Kier molecular flexibility index (Phi) is 3.86.